The molecular formula is C21H21Cl2N3O. The van der Waals surface area contributed by atoms with Crippen LogP contribution in [0.5, 0.6) is 5.75 Å². The molecule has 0 aliphatic rings. The zero-order valence-electron chi connectivity index (χ0n) is 15.5. The molecule has 1 aromatic heterocycles. The number of hydrogen-bond acceptors (Lipinski definition) is 3. The van der Waals surface area contributed by atoms with Gasteiger partial charge < -0.3 is 14.7 Å². The lowest BCUT2D eigenvalue weighted by Crippen LogP contribution is -2.07. The molecule has 4 nitrogen and oxygen atoms in total. The van der Waals surface area contributed by atoms with Gasteiger partial charge in [0, 0.05) is 22.5 Å². The number of rotatable bonds is 6. The summed E-state index contributed by atoms with van der Waals surface area (Å²) in [6.45, 7) is 4.65. The standard InChI is InChI=1S/C21H21Cl2N3O/c1-14-11-17(13-25-24-12-16-7-4-5-10-20(16)27-3)15(2)26(14)19-9-6-8-18(22)21(19)23/h4-11,13,24H,12H2,1-3H3/b25-13+. The van der Waals surface area contributed by atoms with Gasteiger partial charge in [-0.3, -0.25) is 0 Å². The molecular weight excluding hydrogens is 381 g/mol. The lowest BCUT2D eigenvalue weighted by atomic mass is 10.2. The number of nitrogens with one attached hydrogen (secondary N) is 1. The molecule has 0 aliphatic carbocycles. The van der Waals surface area contributed by atoms with Crippen molar-refractivity contribution in [2.75, 3.05) is 7.11 Å². The van der Waals surface area contributed by atoms with Crippen molar-refractivity contribution in [3.63, 3.8) is 0 Å². The van der Waals surface area contributed by atoms with Crippen LogP contribution in [0.3, 0.4) is 0 Å². The Morgan fingerprint density at radius 3 is 2.67 bits per heavy atom. The zero-order valence-corrected chi connectivity index (χ0v) is 17.0. The number of methoxy groups -OCH3 is 1. The molecule has 0 bridgehead atoms. The summed E-state index contributed by atoms with van der Waals surface area (Å²) in [5, 5.41) is 5.44. The average Bonchev–Trinajstić information content (AvgIpc) is 2.95. The second-order valence-corrected chi connectivity index (χ2v) is 6.92. The first-order valence-electron chi connectivity index (χ1n) is 8.54. The summed E-state index contributed by atoms with van der Waals surface area (Å²) in [5.41, 5.74) is 8.09. The van der Waals surface area contributed by atoms with Gasteiger partial charge in [-0.1, -0.05) is 47.5 Å². The number of aryl methyl sites for hydroxylation is 1. The van der Waals surface area contributed by atoms with Gasteiger partial charge in [0.15, 0.2) is 0 Å². The van der Waals surface area contributed by atoms with Crippen LogP contribution in [0, 0.1) is 13.8 Å². The van der Waals surface area contributed by atoms with Crippen molar-refractivity contribution in [2.24, 2.45) is 5.10 Å². The number of benzene rings is 2. The molecule has 1 heterocycles. The normalized spacial score (nSPS) is 11.1. The van der Waals surface area contributed by atoms with E-state index in [0.717, 1.165) is 34.0 Å². The minimum Gasteiger partial charge on any atom is -0.496 e. The summed E-state index contributed by atoms with van der Waals surface area (Å²) < 4.78 is 7.43. The van der Waals surface area contributed by atoms with Crippen LogP contribution < -0.4 is 10.2 Å². The van der Waals surface area contributed by atoms with Crippen LogP contribution in [0.15, 0.2) is 53.6 Å². The Morgan fingerprint density at radius 2 is 1.89 bits per heavy atom. The summed E-state index contributed by atoms with van der Waals surface area (Å²) in [4.78, 5) is 0. The number of hydrazone groups is 1. The van der Waals surface area contributed by atoms with Crippen molar-refractivity contribution in [3.8, 4) is 11.4 Å². The Labute approximate surface area is 169 Å². The van der Waals surface area contributed by atoms with Crippen molar-refractivity contribution in [1.82, 2.24) is 9.99 Å². The Hall–Kier alpha value is -2.43. The Morgan fingerprint density at radius 1 is 1.11 bits per heavy atom. The van der Waals surface area contributed by atoms with Crippen LogP contribution in [-0.4, -0.2) is 17.9 Å². The molecule has 0 unspecified atom stereocenters. The smallest absolute Gasteiger partial charge is 0.123 e. The van der Waals surface area contributed by atoms with E-state index < -0.39 is 0 Å². The van der Waals surface area contributed by atoms with Gasteiger partial charge in [-0.2, -0.15) is 5.10 Å². The number of para-hydroxylation sites is 1. The summed E-state index contributed by atoms with van der Waals surface area (Å²) in [5.74, 6) is 0.842. The maximum atomic E-state index is 6.39. The van der Waals surface area contributed by atoms with Crippen molar-refractivity contribution >= 4 is 29.4 Å². The van der Waals surface area contributed by atoms with E-state index in [1.807, 2.05) is 56.5 Å². The van der Waals surface area contributed by atoms with Gasteiger partial charge in [-0.05, 0) is 38.1 Å². The van der Waals surface area contributed by atoms with Crippen LogP contribution >= 0.6 is 23.2 Å². The second kappa shape index (κ2) is 8.51. The zero-order chi connectivity index (χ0) is 19.4. The average molecular weight is 402 g/mol. The van der Waals surface area contributed by atoms with Crippen molar-refractivity contribution in [2.45, 2.75) is 20.4 Å². The van der Waals surface area contributed by atoms with E-state index in [1.165, 1.54) is 0 Å². The highest BCUT2D eigenvalue weighted by Gasteiger charge is 2.13. The molecule has 6 heteroatoms. The minimum atomic E-state index is 0.537. The third-order valence-electron chi connectivity index (χ3n) is 4.40. The predicted molar refractivity (Wildman–Crippen MR) is 113 cm³/mol. The number of nitrogens with zero attached hydrogens (tertiary/aromatic N) is 2. The third kappa shape index (κ3) is 4.12. The molecule has 1 N–H and O–H groups in total. The van der Waals surface area contributed by atoms with Crippen LogP contribution in [0.4, 0.5) is 0 Å². The number of ether oxygens (including phenoxy) is 1. The molecule has 0 spiro atoms. The van der Waals surface area contributed by atoms with E-state index in [1.54, 1.807) is 13.2 Å². The topological polar surface area (TPSA) is 38.5 Å². The molecule has 0 radical (unpaired) electrons. The lowest BCUT2D eigenvalue weighted by Gasteiger charge is -2.12. The fourth-order valence-electron chi connectivity index (χ4n) is 3.05. The monoisotopic (exact) mass is 401 g/mol. The SMILES string of the molecule is COc1ccccc1CN/N=C/c1cc(C)n(-c2cccc(Cl)c2Cl)c1C. The van der Waals surface area contributed by atoms with Gasteiger partial charge in [-0.15, -0.1) is 0 Å². The van der Waals surface area contributed by atoms with Gasteiger partial charge >= 0.3 is 0 Å². The summed E-state index contributed by atoms with van der Waals surface area (Å²) in [7, 11) is 1.66. The molecule has 0 aliphatic heterocycles. The first kappa shape index (κ1) is 19.3. The summed E-state index contributed by atoms with van der Waals surface area (Å²) in [6.07, 6.45) is 1.81. The molecule has 27 heavy (non-hydrogen) atoms. The van der Waals surface area contributed by atoms with Crippen molar-refractivity contribution in [1.29, 1.82) is 0 Å². The van der Waals surface area contributed by atoms with Gasteiger partial charge in [0.05, 0.1) is 35.6 Å². The van der Waals surface area contributed by atoms with Crippen LogP contribution in [0.1, 0.15) is 22.5 Å². The maximum absolute atomic E-state index is 6.39. The molecule has 2 aromatic carbocycles. The van der Waals surface area contributed by atoms with E-state index in [0.29, 0.717) is 16.6 Å². The highest BCUT2D eigenvalue weighted by molar-refractivity contribution is 6.43. The fourth-order valence-corrected chi connectivity index (χ4v) is 3.43. The number of halogens is 2. The van der Waals surface area contributed by atoms with E-state index in [9.17, 15) is 0 Å². The van der Waals surface area contributed by atoms with Gasteiger partial charge in [-0.25, -0.2) is 0 Å². The van der Waals surface area contributed by atoms with Crippen LogP contribution in [0.25, 0.3) is 5.69 Å². The Bertz CT molecular complexity index is 980. The van der Waals surface area contributed by atoms with Gasteiger partial charge in [0.25, 0.3) is 0 Å². The highest BCUT2D eigenvalue weighted by Crippen LogP contribution is 2.31. The summed E-state index contributed by atoms with van der Waals surface area (Å²) >= 11 is 12.6. The second-order valence-electron chi connectivity index (χ2n) is 6.14. The molecule has 0 atom stereocenters. The first-order valence-corrected chi connectivity index (χ1v) is 9.29. The minimum absolute atomic E-state index is 0.537. The van der Waals surface area contributed by atoms with Crippen molar-refractivity contribution in [3.05, 3.63) is 81.1 Å². The van der Waals surface area contributed by atoms with Crippen LogP contribution in [-0.2, 0) is 6.54 Å². The molecule has 0 fully saturated rings. The number of hydrogen-bond donors (Lipinski definition) is 1. The fraction of sp³-hybridized carbons (Fsp3) is 0.190. The van der Waals surface area contributed by atoms with Crippen molar-refractivity contribution < 1.29 is 4.74 Å². The van der Waals surface area contributed by atoms with E-state index in [4.69, 9.17) is 27.9 Å². The third-order valence-corrected chi connectivity index (χ3v) is 5.21. The molecule has 3 aromatic rings. The van der Waals surface area contributed by atoms with E-state index in [-0.39, 0.29) is 0 Å². The Balaban J connectivity index is 1.79. The molecule has 0 amide bonds. The maximum Gasteiger partial charge on any atom is 0.123 e. The largest absolute Gasteiger partial charge is 0.496 e. The molecule has 140 valence electrons. The van der Waals surface area contributed by atoms with Crippen LogP contribution in [0.2, 0.25) is 10.0 Å². The van der Waals surface area contributed by atoms with Gasteiger partial charge in [0.2, 0.25) is 0 Å². The molecule has 3 rings (SSSR count). The summed E-state index contributed by atoms with van der Waals surface area (Å²) in [6, 6.07) is 15.6. The Kier molecular flexibility index (Phi) is 6.09. The molecule has 0 saturated carbocycles. The quantitative estimate of drug-likeness (QED) is 0.435. The molecule has 0 saturated heterocycles. The predicted octanol–water partition coefficient (Wildman–Crippen LogP) is 5.53. The van der Waals surface area contributed by atoms with E-state index in [2.05, 4.69) is 21.2 Å². The van der Waals surface area contributed by atoms with E-state index >= 15 is 0 Å². The lowest BCUT2D eigenvalue weighted by molar-refractivity contribution is 0.408. The highest BCUT2D eigenvalue weighted by atomic mass is 35.5. The first-order chi connectivity index (χ1) is 13.0. The van der Waals surface area contributed by atoms with Gasteiger partial charge in [0.1, 0.15) is 5.75 Å². The number of aromatic nitrogens is 1.